The molecule has 6 rings (SSSR count). The zero-order chi connectivity index (χ0) is 32.2. The first-order chi connectivity index (χ1) is 22.3. The van der Waals surface area contributed by atoms with Crippen molar-refractivity contribution < 1.29 is 19.1 Å². The lowest BCUT2D eigenvalue weighted by molar-refractivity contribution is -0.140. The Morgan fingerprint density at radius 1 is 1.04 bits per heavy atom. The van der Waals surface area contributed by atoms with Crippen LogP contribution in [0.15, 0.2) is 36.5 Å². The van der Waals surface area contributed by atoms with E-state index in [2.05, 4.69) is 39.2 Å². The van der Waals surface area contributed by atoms with Crippen LogP contribution in [0.4, 0.5) is 17.5 Å². The molecule has 1 aliphatic carbocycles. The lowest BCUT2D eigenvalue weighted by Gasteiger charge is -2.39. The summed E-state index contributed by atoms with van der Waals surface area (Å²) in [5.41, 5.74) is 9.41. The van der Waals surface area contributed by atoms with E-state index in [9.17, 15) is 14.4 Å². The van der Waals surface area contributed by atoms with E-state index < -0.39 is 0 Å². The summed E-state index contributed by atoms with van der Waals surface area (Å²) >= 11 is 0. The number of fused-ring (bicyclic) bond motifs is 1. The van der Waals surface area contributed by atoms with Crippen molar-refractivity contribution in [2.45, 2.75) is 52.0 Å². The molecule has 13 heteroatoms. The highest BCUT2D eigenvalue weighted by Gasteiger charge is 2.34. The molecule has 1 aromatic carbocycles. The molecule has 3 N–H and O–H groups in total. The van der Waals surface area contributed by atoms with Crippen molar-refractivity contribution in [1.29, 1.82) is 0 Å². The smallest absolute Gasteiger partial charge is 0.253 e. The Balaban J connectivity index is 1.05. The summed E-state index contributed by atoms with van der Waals surface area (Å²) in [4.78, 5) is 51.7. The summed E-state index contributed by atoms with van der Waals surface area (Å²) < 4.78 is 7.54. The minimum Gasteiger partial charge on any atom is -0.496 e. The number of hydrogen-bond acceptors (Lipinski definition) is 10. The van der Waals surface area contributed by atoms with Gasteiger partial charge in [0.15, 0.2) is 11.3 Å². The molecule has 13 nitrogen and oxygen atoms in total. The van der Waals surface area contributed by atoms with Gasteiger partial charge in [0, 0.05) is 68.6 Å². The highest BCUT2D eigenvalue weighted by molar-refractivity contribution is 6.12. The maximum atomic E-state index is 13.4. The van der Waals surface area contributed by atoms with Gasteiger partial charge in [0.25, 0.3) is 11.8 Å². The van der Waals surface area contributed by atoms with Crippen LogP contribution in [0.3, 0.4) is 0 Å². The van der Waals surface area contributed by atoms with Crippen molar-refractivity contribution in [3.8, 4) is 5.75 Å². The molecule has 0 unspecified atom stereocenters. The van der Waals surface area contributed by atoms with E-state index >= 15 is 0 Å². The zero-order valence-electron chi connectivity index (χ0n) is 26.7. The number of carbonyl (C=O) groups excluding carboxylic acids is 3. The number of nitrogens with one attached hydrogen (secondary N) is 1. The Labute approximate surface area is 268 Å². The number of hydrogen-bond donors (Lipinski definition) is 2. The van der Waals surface area contributed by atoms with Gasteiger partial charge in [-0.3, -0.25) is 24.0 Å². The molecule has 3 aliphatic rings. The molecule has 46 heavy (non-hydrogen) atoms. The predicted octanol–water partition coefficient (Wildman–Crippen LogP) is 3.06. The second-order valence-corrected chi connectivity index (χ2v) is 12.4. The topological polar surface area (TPSA) is 152 Å². The quantitative estimate of drug-likeness (QED) is 0.239. The molecule has 0 atom stereocenters. The highest BCUT2D eigenvalue weighted by atomic mass is 16.5. The molecule has 0 bridgehead atoms. The van der Waals surface area contributed by atoms with E-state index in [-0.39, 0.29) is 35.5 Å². The fourth-order valence-electron chi connectivity index (χ4n) is 6.73. The van der Waals surface area contributed by atoms with Crippen LogP contribution in [0.25, 0.3) is 11.0 Å². The molecule has 2 fully saturated rings. The van der Waals surface area contributed by atoms with Crippen molar-refractivity contribution in [2.75, 3.05) is 62.3 Å². The van der Waals surface area contributed by atoms with Crippen LogP contribution in [0.1, 0.15) is 51.0 Å². The Hall–Kier alpha value is -4.68. The molecule has 4 heterocycles. The van der Waals surface area contributed by atoms with Crippen LogP contribution in [0.2, 0.25) is 0 Å². The largest absolute Gasteiger partial charge is 0.496 e. The SMILES string of the molecule is CCCCNc1nc(N)nc2cn(Cc3cc(N4CCN(C(=O)C5CCC(CN6C(=O)C=CC6=O)CC5)CC4)ccc3OC)nc12. The summed E-state index contributed by atoms with van der Waals surface area (Å²) in [6.07, 6.45) is 9.93. The molecule has 1 saturated heterocycles. The first-order valence-corrected chi connectivity index (χ1v) is 16.3. The summed E-state index contributed by atoms with van der Waals surface area (Å²) in [5, 5.41) is 8.12. The molecule has 3 aromatic rings. The first kappa shape index (κ1) is 31.3. The van der Waals surface area contributed by atoms with Crippen molar-refractivity contribution in [1.82, 2.24) is 29.5 Å². The van der Waals surface area contributed by atoms with Crippen LogP contribution in [-0.4, -0.2) is 93.6 Å². The fraction of sp³-hybridized carbons (Fsp3) is 0.515. The van der Waals surface area contributed by atoms with Crippen LogP contribution in [0.5, 0.6) is 5.75 Å². The van der Waals surface area contributed by atoms with Crippen molar-refractivity contribution in [2.24, 2.45) is 11.8 Å². The molecule has 2 aromatic heterocycles. The lowest BCUT2D eigenvalue weighted by atomic mass is 9.81. The van der Waals surface area contributed by atoms with E-state index in [0.29, 0.717) is 43.0 Å². The van der Waals surface area contributed by atoms with Crippen molar-refractivity contribution in [3.63, 3.8) is 0 Å². The average Bonchev–Trinajstić information content (AvgIpc) is 3.62. The third kappa shape index (κ3) is 6.77. The average molecular weight is 630 g/mol. The van der Waals surface area contributed by atoms with E-state index in [1.165, 1.54) is 17.1 Å². The maximum absolute atomic E-state index is 13.4. The number of nitrogens with two attached hydrogens (primary N) is 1. The van der Waals surface area contributed by atoms with Gasteiger partial charge >= 0.3 is 0 Å². The fourth-order valence-corrected chi connectivity index (χ4v) is 6.73. The summed E-state index contributed by atoms with van der Waals surface area (Å²) in [6, 6.07) is 6.18. The number of rotatable bonds is 11. The maximum Gasteiger partial charge on any atom is 0.253 e. The molecule has 0 radical (unpaired) electrons. The van der Waals surface area contributed by atoms with E-state index in [1.807, 2.05) is 21.8 Å². The molecule has 3 amide bonds. The van der Waals surface area contributed by atoms with Gasteiger partial charge in [0.05, 0.1) is 19.9 Å². The van der Waals surface area contributed by atoms with Gasteiger partial charge < -0.3 is 25.6 Å². The van der Waals surface area contributed by atoms with Crippen LogP contribution in [-0.2, 0) is 20.9 Å². The summed E-state index contributed by atoms with van der Waals surface area (Å²) in [6.45, 7) is 6.68. The second-order valence-electron chi connectivity index (χ2n) is 12.4. The Kier molecular flexibility index (Phi) is 9.36. The summed E-state index contributed by atoms with van der Waals surface area (Å²) in [7, 11) is 1.67. The van der Waals surface area contributed by atoms with Crippen LogP contribution in [0, 0.1) is 11.8 Å². The minimum atomic E-state index is -0.232. The molecular formula is C33H43N9O4. The number of nitrogen functional groups attached to an aromatic ring is 1. The highest BCUT2D eigenvalue weighted by Crippen LogP contribution is 2.32. The summed E-state index contributed by atoms with van der Waals surface area (Å²) in [5.74, 6) is 1.65. The van der Waals surface area contributed by atoms with E-state index in [1.54, 1.807) is 7.11 Å². The number of nitrogens with zero attached hydrogens (tertiary/aromatic N) is 7. The number of ether oxygens (including phenoxy) is 1. The van der Waals surface area contributed by atoms with Gasteiger partial charge in [0.2, 0.25) is 11.9 Å². The number of aromatic nitrogens is 4. The number of methoxy groups -OCH3 is 1. The zero-order valence-corrected chi connectivity index (χ0v) is 26.7. The van der Waals surface area contributed by atoms with Crippen LogP contribution >= 0.6 is 0 Å². The third-order valence-electron chi connectivity index (χ3n) is 9.34. The third-order valence-corrected chi connectivity index (χ3v) is 9.34. The Morgan fingerprint density at radius 3 is 2.48 bits per heavy atom. The number of piperazine rings is 1. The number of amides is 3. The molecule has 1 saturated carbocycles. The molecule has 0 spiro atoms. The lowest BCUT2D eigenvalue weighted by Crippen LogP contribution is -2.51. The van der Waals surface area contributed by atoms with E-state index in [0.717, 1.165) is 75.2 Å². The van der Waals surface area contributed by atoms with Gasteiger partial charge in [0.1, 0.15) is 11.3 Å². The number of benzene rings is 1. The number of carbonyl (C=O) groups is 3. The van der Waals surface area contributed by atoms with Gasteiger partial charge in [-0.1, -0.05) is 13.3 Å². The number of anilines is 3. The van der Waals surface area contributed by atoms with Crippen LogP contribution < -0.4 is 20.7 Å². The normalized spacial score (nSPS) is 20.2. The molecular weight excluding hydrogens is 586 g/mol. The van der Waals surface area contributed by atoms with Crippen molar-refractivity contribution in [3.05, 3.63) is 42.1 Å². The molecule has 2 aliphatic heterocycles. The van der Waals surface area contributed by atoms with Gasteiger partial charge in [-0.15, -0.1) is 0 Å². The standard InChI is InChI=1S/C33H43N9O4/c1-3-4-13-35-31-30-26(36-33(34)37-31)21-41(38-30)20-24-18-25(9-10-27(24)46-2)39-14-16-40(17-15-39)32(45)23-7-5-22(6-8-23)19-42-28(43)11-12-29(42)44/h9-12,18,21-23H,3-8,13-17,19-20H2,1-2H3,(H3,34,35,36,37). The number of imide groups is 1. The Bertz CT molecular complexity index is 1600. The monoisotopic (exact) mass is 629 g/mol. The van der Waals surface area contributed by atoms with Gasteiger partial charge in [-0.25, -0.2) is 4.98 Å². The number of unbranched alkanes of at least 4 members (excludes halogenated alkanes) is 1. The predicted molar refractivity (Wildman–Crippen MR) is 175 cm³/mol. The molecule has 244 valence electrons. The van der Waals surface area contributed by atoms with Crippen molar-refractivity contribution >= 4 is 46.2 Å². The minimum absolute atomic E-state index is 0.00507. The van der Waals surface area contributed by atoms with E-state index in [4.69, 9.17) is 15.6 Å². The second kappa shape index (κ2) is 13.8. The Morgan fingerprint density at radius 2 is 1.78 bits per heavy atom. The van der Waals surface area contributed by atoms with Gasteiger partial charge in [-0.05, 0) is 56.2 Å². The van der Waals surface area contributed by atoms with Gasteiger partial charge in [-0.2, -0.15) is 10.1 Å². The first-order valence-electron chi connectivity index (χ1n) is 16.3.